The number of aliphatic hydroxyl groups excluding tert-OH is 3. The van der Waals surface area contributed by atoms with E-state index in [4.69, 9.17) is 0 Å². The Hall–Kier alpha value is -1.17. The van der Waals surface area contributed by atoms with Crippen LogP contribution in [0, 0.1) is 0 Å². The third kappa shape index (κ3) is 54.0. The van der Waals surface area contributed by atoms with Crippen molar-refractivity contribution in [2.75, 3.05) is 6.61 Å². The molecule has 3 atom stereocenters. The summed E-state index contributed by atoms with van der Waals surface area (Å²) in [5.74, 6) is -0.277. The van der Waals surface area contributed by atoms with Gasteiger partial charge in [-0.25, -0.2) is 0 Å². The van der Waals surface area contributed by atoms with E-state index in [1.165, 1.54) is 276 Å². The Kier molecular flexibility index (Phi) is 56.4. The van der Waals surface area contributed by atoms with Crippen LogP contribution in [0.15, 0.2) is 24.3 Å². The summed E-state index contributed by atoms with van der Waals surface area (Å²) < 4.78 is 0. The number of unbranched alkanes of at least 4 members (excludes halogenated alkanes) is 44. The normalized spacial score (nSPS) is 13.3. The van der Waals surface area contributed by atoms with Gasteiger partial charge in [-0.05, 0) is 44.9 Å². The SMILES string of the molecule is CCCCCCCCCCC/C=C\C/C=C\CCCCCCCCCCCCCCCC(O)CC(=O)NC(CO)C(O)CCCCCCCCCCCCCCCCCCCCCCCCC. The second-order valence-corrected chi connectivity index (χ2v) is 21.3. The highest BCUT2D eigenvalue weighted by atomic mass is 16.3. The molecule has 0 radical (unpaired) electrons. The molecule has 4 N–H and O–H groups in total. The summed E-state index contributed by atoms with van der Waals surface area (Å²) in [6.07, 6.45) is 73.5. The summed E-state index contributed by atoms with van der Waals surface area (Å²) in [6, 6.07) is -0.659. The van der Waals surface area contributed by atoms with Gasteiger partial charge in [-0.3, -0.25) is 4.79 Å². The molecule has 0 aromatic carbocycles. The lowest BCUT2D eigenvalue weighted by molar-refractivity contribution is -0.125. The first kappa shape index (κ1) is 65.8. The number of amides is 1. The summed E-state index contributed by atoms with van der Waals surface area (Å²) in [7, 11) is 0. The number of carbonyl (C=O) groups excluding carboxylic acids is 1. The van der Waals surface area contributed by atoms with Gasteiger partial charge in [-0.15, -0.1) is 0 Å². The third-order valence-electron chi connectivity index (χ3n) is 14.5. The van der Waals surface area contributed by atoms with Gasteiger partial charge >= 0.3 is 0 Å². The lowest BCUT2D eigenvalue weighted by atomic mass is 10.0. The number of carbonyl (C=O) groups is 1. The first-order chi connectivity index (χ1) is 33.0. The summed E-state index contributed by atoms with van der Waals surface area (Å²) in [5.41, 5.74) is 0. The van der Waals surface area contributed by atoms with E-state index in [0.717, 1.165) is 32.1 Å². The molecule has 0 bridgehead atoms. The summed E-state index contributed by atoms with van der Waals surface area (Å²) in [4.78, 5) is 12.6. The molecule has 5 nitrogen and oxygen atoms in total. The predicted octanol–water partition coefficient (Wildman–Crippen LogP) is 19.2. The lowest BCUT2D eigenvalue weighted by Crippen LogP contribution is -2.46. The maximum Gasteiger partial charge on any atom is 0.222 e. The molecule has 0 aromatic heterocycles. The van der Waals surface area contributed by atoms with E-state index < -0.39 is 18.2 Å². The Labute approximate surface area is 420 Å². The first-order valence-electron chi connectivity index (χ1n) is 30.6. The van der Waals surface area contributed by atoms with Crippen LogP contribution in [-0.2, 0) is 4.79 Å². The third-order valence-corrected chi connectivity index (χ3v) is 14.5. The lowest BCUT2D eigenvalue weighted by Gasteiger charge is -2.23. The molecule has 0 rings (SSSR count). The Bertz CT molecular complexity index is 998. The van der Waals surface area contributed by atoms with Crippen molar-refractivity contribution < 1.29 is 20.1 Å². The van der Waals surface area contributed by atoms with Crippen LogP contribution in [0.3, 0.4) is 0 Å². The minimum absolute atomic E-state index is 0.0388. The van der Waals surface area contributed by atoms with E-state index in [9.17, 15) is 20.1 Å². The van der Waals surface area contributed by atoms with E-state index >= 15 is 0 Å². The molecule has 0 fully saturated rings. The molecule has 1 amide bonds. The van der Waals surface area contributed by atoms with Crippen LogP contribution in [0.2, 0.25) is 0 Å². The number of nitrogens with one attached hydrogen (secondary N) is 1. The Morgan fingerprint density at radius 3 is 0.940 bits per heavy atom. The van der Waals surface area contributed by atoms with Crippen molar-refractivity contribution in [2.45, 2.75) is 360 Å². The fourth-order valence-corrected chi connectivity index (χ4v) is 9.85. The van der Waals surface area contributed by atoms with Gasteiger partial charge in [0.05, 0.1) is 31.3 Å². The van der Waals surface area contributed by atoms with E-state index in [1.807, 2.05) is 0 Å². The van der Waals surface area contributed by atoms with E-state index in [-0.39, 0.29) is 18.9 Å². The van der Waals surface area contributed by atoms with E-state index in [1.54, 1.807) is 0 Å². The van der Waals surface area contributed by atoms with Gasteiger partial charge in [0.1, 0.15) is 0 Å². The van der Waals surface area contributed by atoms with Crippen LogP contribution in [-0.4, -0.2) is 46.1 Å². The van der Waals surface area contributed by atoms with Crippen LogP contribution in [0.25, 0.3) is 0 Å². The maximum atomic E-state index is 12.6. The van der Waals surface area contributed by atoms with Crippen molar-refractivity contribution in [3.8, 4) is 0 Å². The minimum atomic E-state index is -0.750. The molecule has 3 unspecified atom stereocenters. The van der Waals surface area contributed by atoms with Crippen molar-refractivity contribution in [2.24, 2.45) is 0 Å². The van der Waals surface area contributed by atoms with Gasteiger partial charge in [0.2, 0.25) is 5.91 Å². The number of rotatable bonds is 57. The van der Waals surface area contributed by atoms with Gasteiger partial charge in [0, 0.05) is 0 Å². The van der Waals surface area contributed by atoms with Crippen molar-refractivity contribution in [3.05, 3.63) is 24.3 Å². The maximum absolute atomic E-state index is 12.6. The van der Waals surface area contributed by atoms with Gasteiger partial charge in [0.25, 0.3) is 0 Å². The monoisotopic (exact) mass is 944 g/mol. The molecule has 0 spiro atoms. The fraction of sp³-hybridized carbons (Fsp3) is 0.919. The molecule has 0 saturated heterocycles. The number of hydrogen-bond acceptors (Lipinski definition) is 4. The Morgan fingerprint density at radius 2 is 0.642 bits per heavy atom. The highest BCUT2D eigenvalue weighted by Gasteiger charge is 2.21. The Balaban J connectivity index is 3.50. The summed E-state index contributed by atoms with van der Waals surface area (Å²) >= 11 is 0. The molecule has 0 aliphatic rings. The van der Waals surface area contributed by atoms with Gasteiger partial charge in [-0.2, -0.15) is 0 Å². The number of allylic oxidation sites excluding steroid dienone is 4. The molecule has 0 aromatic rings. The second-order valence-electron chi connectivity index (χ2n) is 21.3. The molecule has 0 aliphatic heterocycles. The molecule has 0 saturated carbocycles. The second kappa shape index (κ2) is 57.4. The summed E-state index contributed by atoms with van der Waals surface area (Å²) in [6.45, 7) is 4.30. The van der Waals surface area contributed by atoms with Crippen LogP contribution < -0.4 is 5.32 Å². The smallest absolute Gasteiger partial charge is 0.222 e. The number of aliphatic hydroxyl groups is 3. The molecule has 398 valence electrons. The van der Waals surface area contributed by atoms with Crippen LogP contribution in [0.5, 0.6) is 0 Å². The molecular formula is C62H121NO4. The van der Waals surface area contributed by atoms with Crippen LogP contribution in [0.1, 0.15) is 341 Å². The predicted molar refractivity (Wildman–Crippen MR) is 296 cm³/mol. The van der Waals surface area contributed by atoms with Crippen molar-refractivity contribution in [3.63, 3.8) is 0 Å². The number of hydrogen-bond donors (Lipinski definition) is 4. The van der Waals surface area contributed by atoms with E-state index in [0.29, 0.717) is 12.8 Å². The van der Waals surface area contributed by atoms with Crippen molar-refractivity contribution in [1.82, 2.24) is 5.32 Å². The highest BCUT2D eigenvalue weighted by molar-refractivity contribution is 5.76. The zero-order chi connectivity index (χ0) is 48.6. The average molecular weight is 945 g/mol. The first-order valence-corrected chi connectivity index (χ1v) is 30.6. The molecule has 67 heavy (non-hydrogen) atoms. The molecule has 0 aliphatic carbocycles. The standard InChI is InChI=1S/C62H121NO4/c1-3-5-7-9-11-13-15-17-19-21-23-25-27-28-29-30-31-32-34-35-37-39-41-43-45-47-49-51-53-55-59(65)57-62(67)63-60(58-64)61(66)56-54-52-50-48-46-44-42-40-38-36-33-26-24-22-20-18-16-14-12-10-8-6-4-2/h23,25,28-29,59-61,64-66H,3-22,24,26-27,30-58H2,1-2H3,(H,63,67)/b25-23-,29-28-. The van der Waals surface area contributed by atoms with Gasteiger partial charge < -0.3 is 20.6 Å². The minimum Gasteiger partial charge on any atom is -0.394 e. The van der Waals surface area contributed by atoms with Crippen molar-refractivity contribution in [1.29, 1.82) is 0 Å². The zero-order valence-corrected chi connectivity index (χ0v) is 45.6. The van der Waals surface area contributed by atoms with Crippen molar-refractivity contribution >= 4 is 5.91 Å². The fourth-order valence-electron chi connectivity index (χ4n) is 9.85. The van der Waals surface area contributed by atoms with Gasteiger partial charge in [-0.1, -0.05) is 314 Å². The molecular weight excluding hydrogens is 823 g/mol. The van der Waals surface area contributed by atoms with Crippen LogP contribution in [0.4, 0.5) is 0 Å². The Morgan fingerprint density at radius 1 is 0.373 bits per heavy atom. The van der Waals surface area contributed by atoms with E-state index in [2.05, 4.69) is 43.5 Å². The molecule has 5 heteroatoms. The van der Waals surface area contributed by atoms with Gasteiger partial charge in [0.15, 0.2) is 0 Å². The topological polar surface area (TPSA) is 89.8 Å². The largest absolute Gasteiger partial charge is 0.394 e. The quantitative estimate of drug-likeness (QED) is 0.0361. The molecule has 0 heterocycles. The van der Waals surface area contributed by atoms with Crippen LogP contribution >= 0.6 is 0 Å². The average Bonchev–Trinajstić information content (AvgIpc) is 3.32. The highest BCUT2D eigenvalue weighted by Crippen LogP contribution is 2.18. The zero-order valence-electron chi connectivity index (χ0n) is 45.6. The summed E-state index contributed by atoms with van der Waals surface area (Å²) in [5, 5.41) is 33.7.